The molecule has 1 aliphatic carbocycles. The molecule has 36 heavy (non-hydrogen) atoms. The first-order valence-corrected chi connectivity index (χ1v) is 13.2. The molecule has 2 heterocycles. The lowest BCUT2D eigenvalue weighted by Crippen LogP contribution is -2.44. The molecular weight excluding hydrogens is 458 g/mol. The van der Waals surface area contributed by atoms with Gasteiger partial charge in [-0.1, -0.05) is 18.9 Å². The average molecular weight is 494 g/mol. The third-order valence-corrected chi connectivity index (χ3v) is 7.91. The SMILES string of the molecule is O=C(CCc1ccc2c(c1)OCO2)N[C@@H]1CCCC[C@H]1CC1CCCN(c2ccc([N+](=O)[O-])cc2)C1. The molecule has 1 saturated heterocycles. The fourth-order valence-electron chi connectivity index (χ4n) is 6.02. The summed E-state index contributed by atoms with van der Waals surface area (Å²) in [6.45, 7) is 2.22. The molecule has 0 radical (unpaired) electrons. The summed E-state index contributed by atoms with van der Waals surface area (Å²) in [5.41, 5.74) is 2.28. The van der Waals surface area contributed by atoms with Crippen molar-refractivity contribution in [2.24, 2.45) is 11.8 Å². The van der Waals surface area contributed by atoms with Gasteiger partial charge in [0.2, 0.25) is 12.7 Å². The minimum Gasteiger partial charge on any atom is -0.454 e. The van der Waals surface area contributed by atoms with Gasteiger partial charge in [-0.25, -0.2) is 0 Å². The summed E-state index contributed by atoms with van der Waals surface area (Å²) in [7, 11) is 0. The summed E-state index contributed by atoms with van der Waals surface area (Å²) in [5.74, 6) is 2.74. The van der Waals surface area contributed by atoms with E-state index in [0.29, 0.717) is 24.7 Å². The van der Waals surface area contributed by atoms with Gasteiger partial charge < -0.3 is 19.7 Å². The number of benzene rings is 2. The van der Waals surface area contributed by atoms with Gasteiger partial charge in [0.15, 0.2) is 11.5 Å². The van der Waals surface area contributed by atoms with Crippen molar-refractivity contribution in [1.82, 2.24) is 5.32 Å². The number of hydrogen-bond donors (Lipinski definition) is 1. The van der Waals surface area contributed by atoms with Gasteiger partial charge in [-0.3, -0.25) is 14.9 Å². The number of nitro benzene ring substituents is 1. The zero-order chi connectivity index (χ0) is 24.9. The number of amides is 1. The average Bonchev–Trinajstić information content (AvgIpc) is 3.37. The van der Waals surface area contributed by atoms with Crippen LogP contribution in [0.1, 0.15) is 56.9 Å². The van der Waals surface area contributed by atoms with E-state index >= 15 is 0 Å². The van der Waals surface area contributed by atoms with Crippen LogP contribution in [-0.2, 0) is 11.2 Å². The molecule has 5 rings (SSSR count). The van der Waals surface area contributed by atoms with Crippen LogP contribution in [0.15, 0.2) is 42.5 Å². The first-order chi connectivity index (χ1) is 17.5. The monoisotopic (exact) mass is 493 g/mol. The molecule has 8 nitrogen and oxygen atoms in total. The van der Waals surface area contributed by atoms with E-state index in [4.69, 9.17) is 9.47 Å². The van der Waals surface area contributed by atoms with Crippen LogP contribution < -0.4 is 19.7 Å². The van der Waals surface area contributed by atoms with Crippen LogP contribution in [0.25, 0.3) is 0 Å². The van der Waals surface area contributed by atoms with Gasteiger partial charge >= 0.3 is 0 Å². The van der Waals surface area contributed by atoms with Crippen LogP contribution in [0, 0.1) is 22.0 Å². The molecule has 192 valence electrons. The van der Waals surface area contributed by atoms with Gasteiger partial charge in [-0.15, -0.1) is 0 Å². The molecule has 2 aliphatic heterocycles. The van der Waals surface area contributed by atoms with E-state index in [9.17, 15) is 14.9 Å². The number of ether oxygens (including phenoxy) is 2. The van der Waals surface area contributed by atoms with E-state index < -0.39 is 0 Å². The molecule has 8 heteroatoms. The van der Waals surface area contributed by atoms with Gasteiger partial charge in [0.1, 0.15) is 0 Å². The lowest BCUT2D eigenvalue weighted by atomic mass is 9.77. The number of piperidine rings is 1. The molecule has 1 N–H and O–H groups in total. The van der Waals surface area contributed by atoms with Crippen molar-refractivity contribution in [3.05, 3.63) is 58.1 Å². The third-order valence-electron chi connectivity index (χ3n) is 7.91. The van der Waals surface area contributed by atoms with E-state index in [1.807, 2.05) is 30.3 Å². The Morgan fingerprint density at radius 3 is 2.67 bits per heavy atom. The summed E-state index contributed by atoms with van der Waals surface area (Å²) in [6, 6.07) is 13.1. The summed E-state index contributed by atoms with van der Waals surface area (Å²) >= 11 is 0. The van der Waals surface area contributed by atoms with E-state index in [0.717, 1.165) is 55.1 Å². The minimum atomic E-state index is -0.352. The molecule has 1 unspecified atom stereocenters. The Bertz CT molecular complexity index is 1070. The molecule has 2 aromatic rings. The largest absolute Gasteiger partial charge is 0.454 e. The summed E-state index contributed by atoms with van der Waals surface area (Å²) in [5, 5.41) is 14.3. The topological polar surface area (TPSA) is 93.9 Å². The second-order valence-corrected chi connectivity index (χ2v) is 10.4. The standard InChI is InChI=1S/C28H35N3O5/c32-28(14-8-20-7-13-26-27(17-20)36-19-35-26)29-25-6-2-1-5-22(25)16-21-4-3-15-30(18-21)23-9-11-24(12-10-23)31(33)34/h7,9-13,17,21-22,25H,1-6,8,14-16,18-19H2,(H,29,32)/t21?,22-,25+/m0/s1. The van der Waals surface area contributed by atoms with E-state index in [-0.39, 0.29) is 29.4 Å². The second kappa shape index (κ2) is 11.2. The summed E-state index contributed by atoms with van der Waals surface area (Å²) < 4.78 is 10.8. The molecule has 1 saturated carbocycles. The minimum absolute atomic E-state index is 0.126. The smallest absolute Gasteiger partial charge is 0.269 e. The number of carbonyl (C=O) groups is 1. The number of nitrogens with zero attached hydrogens (tertiary/aromatic N) is 2. The molecule has 1 amide bonds. The van der Waals surface area contributed by atoms with Crippen LogP contribution in [0.5, 0.6) is 11.5 Å². The number of non-ortho nitro benzene ring substituents is 1. The van der Waals surface area contributed by atoms with E-state index in [2.05, 4.69) is 10.2 Å². The maximum Gasteiger partial charge on any atom is 0.269 e. The normalized spacial score (nSPS) is 23.3. The highest BCUT2D eigenvalue weighted by Crippen LogP contribution is 2.35. The quantitative estimate of drug-likeness (QED) is 0.399. The van der Waals surface area contributed by atoms with Gasteiger partial charge in [-0.05, 0) is 80.2 Å². The van der Waals surface area contributed by atoms with Crippen molar-refractivity contribution in [1.29, 1.82) is 0 Å². The molecule has 0 spiro atoms. The van der Waals surface area contributed by atoms with Crippen molar-refractivity contribution in [3.63, 3.8) is 0 Å². The number of nitro groups is 1. The molecule has 0 bridgehead atoms. The zero-order valence-corrected chi connectivity index (χ0v) is 20.7. The van der Waals surface area contributed by atoms with Crippen LogP contribution in [-0.4, -0.2) is 36.8 Å². The Balaban J connectivity index is 1.13. The first kappa shape index (κ1) is 24.4. The predicted octanol–water partition coefficient (Wildman–Crippen LogP) is 5.24. The molecule has 3 aliphatic rings. The Hall–Kier alpha value is -3.29. The van der Waals surface area contributed by atoms with Gasteiger partial charge in [0.05, 0.1) is 4.92 Å². The lowest BCUT2D eigenvalue weighted by Gasteiger charge is -2.39. The van der Waals surface area contributed by atoms with E-state index in [1.54, 1.807) is 12.1 Å². The number of hydrogen-bond acceptors (Lipinski definition) is 6. The molecule has 3 atom stereocenters. The highest BCUT2D eigenvalue weighted by atomic mass is 16.7. The number of aryl methyl sites for hydroxylation is 1. The number of anilines is 1. The van der Waals surface area contributed by atoms with Gasteiger partial charge in [0.25, 0.3) is 5.69 Å². The maximum atomic E-state index is 12.8. The van der Waals surface area contributed by atoms with Crippen molar-refractivity contribution in [2.45, 2.75) is 63.8 Å². The summed E-state index contributed by atoms with van der Waals surface area (Å²) in [4.78, 5) is 25.8. The Morgan fingerprint density at radius 1 is 1.03 bits per heavy atom. The summed E-state index contributed by atoms with van der Waals surface area (Å²) in [6.07, 6.45) is 9.23. The van der Waals surface area contributed by atoms with Gasteiger partial charge in [-0.2, -0.15) is 0 Å². The first-order valence-electron chi connectivity index (χ1n) is 13.2. The third kappa shape index (κ3) is 5.91. The lowest BCUT2D eigenvalue weighted by molar-refractivity contribution is -0.384. The fraction of sp³-hybridized carbons (Fsp3) is 0.536. The maximum absolute atomic E-state index is 12.8. The van der Waals surface area contributed by atoms with E-state index in [1.165, 1.54) is 25.7 Å². The van der Waals surface area contributed by atoms with Crippen LogP contribution in [0.4, 0.5) is 11.4 Å². The highest BCUT2D eigenvalue weighted by molar-refractivity contribution is 5.76. The molecule has 2 aromatic carbocycles. The number of rotatable bonds is 8. The molecular formula is C28H35N3O5. The number of nitrogens with one attached hydrogen (secondary N) is 1. The van der Waals surface area contributed by atoms with Crippen molar-refractivity contribution in [2.75, 3.05) is 24.8 Å². The fourth-order valence-corrected chi connectivity index (χ4v) is 6.02. The Morgan fingerprint density at radius 2 is 1.83 bits per heavy atom. The number of carbonyl (C=O) groups excluding carboxylic acids is 1. The van der Waals surface area contributed by atoms with Gasteiger partial charge in [0, 0.05) is 43.4 Å². The molecule has 0 aromatic heterocycles. The number of fused-ring (bicyclic) bond motifs is 1. The Kier molecular flexibility index (Phi) is 7.58. The second-order valence-electron chi connectivity index (χ2n) is 10.4. The van der Waals surface area contributed by atoms with Crippen LogP contribution in [0.3, 0.4) is 0 Å². The highest BCUT2D eigenvalue weighted by Gasteiger charge is 2.31. The zero-order valence-electron chi connectivity index (χ0n) is 20.7. The predicted molar refractivity (Wildman–Crippen MR) is 137 cm³/mol. The van der Waals surface area contributed by atoms with Crippen LogP contribution >= 0.6 is 0 Å². The van der Waals surface area contributed by atoms with Crippen LogP contribution in [0.2, 0.25) is 0 Å². The van der Waals surface area contributed by atoms with Crippen molar-refractivity contribution < 1.29 is 19.2 Å². The van der Waals surface area contributed by atoms with Crippen molar-refractivity contribution >= 4 is 17.3 Å². The van der Waals surface area contributed by atoms with Crippen molar-refractivity contribution in [3.8, 4) is 11.5 Å². The molecule has 2 fully saturated rings. The Labute approximate surface area is 212 Å².